The van der Waals surface area contributed by atoms with Crippen molar-refractivity contribution in [1.29, 1.82) is 0 Å². The van der Waals surface area contributed by atoms with Gasteiger partial charge in [-0.3, -0.25) is 9.52 Å². The van der Waals surface area contributed by atoms with Gasteiger partial charge in [0.25, 0.3) is 5.91 Å². The number of carbonyl (C=O) groups is 1. The van der Waals surface area contributed by atoms with E-state index in [1.54, 1.807) is 37.3 Å². The van der Waals surface area contributed by atoms with E-state index in [1.807, 2.05) is 0 Å². The first-order chi connectivity index (χ1) is 13.4. The normalized spacial score (nSPS) is 11.1. The van der Waals surface area contributed by atoms with E-state index in [9.17, 15) is 17.6 Å². The molecule has 6 nitrogen and oxygen atoms in total. The standard InChI is InChI=1S/C20H25FN2O4S/c1-2-14-28(25,26)23-18-7-5-6-16(15-18)20(24)22-12-3-4-13-27-19-10-8-17(21)9-11-19/h5-11,15,23H,2-4,12-14H2,1H3,(H,22,24). The lowest BCUT2D eigenvalue weighted by molar-refractivity contribution is 0.0952. The molecule has 0 radical (unpaired) electrons. The lowest BCUT2D eigenvalue weighted by Crippen LogP contribution is -2.25. The van der Waals surface area contributed by atoms with Gasteiger partial charge < -0.3 is 10.1 Å². The van der Waals surface area contributed by atoms with E-state index in [4.69, 9.17) is 4.74 Å². The Balaban J connectivity index is 1.72. The third-order valence-electron chi connectivity index (χ3n) is 3.81. The molecule has 2 rings (SSSR count). The Bertz CT molecular complexity index is 870. The van der Waals surface area contributed by atoms with Crippen LogP contribution < -0.4 is 14.8 Å². The van der Waals surface area contributed by atoms with Crippen molar-refractivity contribution in [2.24, 2.45) is 0 Å². The molecule has 0 aromatic heterocycles. The highest BCUT2D eigenvalue weighted by atomic mass is 32.2. The summed E-state index contributed by atoms with van der Waals surface area (Å²) < 4.78 is 44.4. The fourth-order valence-corrected chi connectivity index (χ4v) is 3.60. The van der Waals surface area contributed by atoms with Gasteiger partial charge in [0, 0.05) is 17.8 Å². The third kappa shape index (κ3) is 7.56. The number of sulfonamides is 1. The zero-order valence-corrected chi connectivity index (χ0v) is 16.6. The zero-order chi connectivity index (χ0) is 20.4. The molecule has 0 bridgehead atoms. The van der Waals surface area contributed by atoms with Gasteiger partial charge in [-0.1, -0.05) is 13.0 Å². The minimum atomic E-state index is -3.40. The number of halogens is 1. The molecule has 0 aliphatic heterocycles. The Morgan fingerprint density at radius 1 is 1.11 bits per heavy atom. The van der Waals surface area contributed by atoms with Crippen molar-refractivity contribution in [3.63, 3.8) is 0 Å². The van der Waals surface area contributed by atoms with Gasteiger partial charge in [-0.2, -0.15) is 0 Å². The summed E-state index contributed by atoms with van der Waals surface area (Å²) in [5.74, 6) is 0.0599. The van der Waals surface area contributed by atoms with E-state index < -0.39 is 10.0 Å². The Kier molecular flexibility index (Phi) is 8.25. The summed E-state index contributed by atoms with van der Waals surface area (Å²) >= 11 is 0. The van der Waals surface area contributed by atoms with E-state index in [2.05, 4.69) is 10.0 Å². The maximum atomic E-state index is 12.8. The molecule has 0 atom stereocenters. The van der Waals surface area contributed by atoms with Gasteiger partial charge in [0.1, 0.15) is 11.6 Å². The van der Waals surface area contributed by atoms with Gasteiger partial charge in [-0.15, -0.1) is 0 Å². The molecule has 2 aromatic carbocycles. The molecule has 1 amide bonds. The Morgan fingerprint density at radius 2 is 1.86 bits per heavy atom. The molecule has 0 aliphatic rings. The Morgan fingerprint density at radius 3 is 2.57 bits per heavy atom. The van der Waals surface area contributed by atoms with Gasteiger partial charge in [-0.05, 0) is 61.7 Å². The van der Waals surface area contributed by atoms with Crippen molar-refractivity contribution < 1.29 is 22.3 Å². The van der Waals surface area contributed by atoms with Crippen molar-refractivity contribution in [1.82, 2.24) is 5.32 Å². The SMILES string of the molecule is CCCS(=O)(=O)Nc1cccc(C(=O)NCCCCOc2ccc(F)cc2)c1. The van der Waals surface area contributed by atoms with Crippen LogP contribution in [0.5, 0.6) is 5.75 Å². The van der Waals surface area contributed by atoms with E-state index in [-0.39, 0.29) is 17.5 Å². The first-order valence-electron chi connectivity index (χ1n) is 9.17. The van der Waals surface area contributed by atoms with Gasteiger partial charge >= 0.3 is 0 Å². The van der Waals surface area contributed by atoms with Gasteiger partial charge in [0.15, 0.2) is 0 Å². The van der Waals surface area contributed by atoms with E-state index >= 15 is 0 Å². The van der Waals surface area contributed by atoms with Crippen LogP contribution in [-0.4, -0.2) is 33.2 Å². The maximum Gasteiger partial charge on any atom is 0.251 e. The summed E-state index contributed by atoms with van der Waals surface area (Å²) in [6.45, 7) is 2.72. The van der Waals surface area contributed by atoms with Crippen LogP contribution in [0.2, 0.25) is 0 Å². The first kappa shape index (κ1) is 21.7. The van der Waals surface area contributed by atoms with Crippen LogP contribution in [-0.2, 0) is 10.0 Å². The van der Waals surface area contributed by atoms with Crippen molar-refractivity contribution in [3.8, 4) is 5.75 Å². The Hall–Kier alpha value is -2.61. The molecule has 8 heteroatoms. The lowest BCUT2D eigenvalue weighted by atomic mass is 10.2. The first-order valence-corrected chi connectivity index (χ1v) is 10.8. The smallest absolute Gasteiger partial charge is 0.251 e. The average Bonchev–Trinajstić information content (AvgIpc) is 2.65. The minimum absolute atomic E-state index is 0.0312. The maximum absolute atomic E-state index is 12.8. The van der Waals surface area contributed by atoms with Gasteiger partial charge in [-0.25, -0.2) is 12.8 Å². The van der Waals surface area contributed by atoms with Crippen LogP contribution in [0.25, 0.3) is 0 Å². The van der Waals surface area contributed by atoms with Crippen LogP contribution in [0.3, 0.4) is 0 Å². The molecule has 28 heavy (non-hydrogen) atoms. The molecule has 2 aromatic rings. The van der Waals surface area contributed by atoms with Crippen molar-refractivity contribution in [3.05, 3.63) is 59.9 Å². The fourth-order valence-electron chi connectivity index (χ4n) is 2.48. The van der Waals surface area contributed by atoms with Crippen molar-refractivity contribution >= 4 is 21.6 Å². The highest BCUT2D eigenvalue weighted by molar-refractivity contribution is 7.92. The second-order valence-corrected chi connectivity index (χ2v) is 8.11. The van der Waals surface area contributed by atoms with E-state index in [0.29, 0.717) is 36.6 Å². The number of rotatable bonds is 11. The van der Waals surface area contributed by atoms with Crippen LogP contribution >= 0.6 is 0 Å². The van der Waals surface area contributed by atoms with Crippen LogP contribution in [0, 0.1) is 5.82 Å². The average molecular weight is 408 g/mol. The summed E-state index contributed by atoms with van der Waals surface area (Å²) in [4.78, 5) is 12.2. The van der Waals surface area contributed by atoms with Crippen molar-refractivity contribution in [2.45, 2.75) is 26.2 Å². The summed E-state index contributed by atoms with van der Waals surface area (Å²) in [5.41, 5.74) is 0.757. The molecule has 0 saturated carbocycles. The molecule has 0 unspecified atom stereocenters. The number of nitrogens with one attached hydrogen (secondary N) is 2. The second kappa shape index (κ2) is 10.7. The number of hydrogen-bond acceptors (Lipinski definition) is 4. The van der Waals surface area contributed by atoms with Crippen LogP contribution in [0.4, 0.5) is 10.1 Å². The zero-order valence-electron chi connectivity index (χ0n) is 15.8. The summed E-state index contributed by atoms with van der Waals surface area (Å²) in [5, 5.41) is 2.80. The topological polar surface area (TPSA) is 84.5 Å². The molecule has 0 saturated heterocycles. The Labute approximate surface area is 165 Å². The number of amides is 1. The third-order valence-corrected chi connectivity index (χ3v) is 5.30. The van der Waals surface area contributed by atoms with E-state index in [0.717, 1.165) is 12.8 Å². The largest absolute Gasteiger partial charge is 0.494 e. The minimum Gasteiger partial charge on any atom is -0.494 e. The predicted octanol–water partition coefficient (Wildman–Crippen LogP) is 3.57. The molecule has 0 spiro atoms. The molecule has 0 heterocycles. The molecule has 0 aliphatic carbocycles. The van der Waals surface area contributed by atoms with Crippen molar-refractivity contribution in [2.75, 3.05) is 23.6 Å². The predicted molar refractivity (Wildman–Crippen MR) is 108 cm³/mol. The quantitative estimate of drug-likeness (QED) is 0.557. The van der Waals surface area contributed by atoms with Crippen LogP contribution in [0.1, 0.15) is 36.5 Å². The number of anilines is 1. The molecule has 0 fully saturated rings. The molecule has 152 valence electrons. The highest BCUT2D eigenvalue weighted by Crippen LogP contribution is 2.13. The lowest BCUT2D eigenvalue weighted by Gasteiger charge is -2.10. The summed E-state index contributed by atoms with van der Waals surface area (Å²) in [6, 6.07) is 12.2. The summed E-state index contributed by atoms with van der Waals surface area (Å²) in [7, 11) is -3.40. The molecule has 2 N–H and O–H groups in total. The van der Waals surface area contributed by atoms with Gasteiger partial charge in [0.05, 0.1) is 12.4 Å². The number of benzene rings is 2. The van der Waals surface area contributed by atoms with E-state index in [1.165, 1.54) is 18.2 Å². The highest BCUT2D eigenvalue weighted by Gasteiger charge is 2.11. The number of unbranched alkanes of at least 4 members (excludes halogenated alkanes) is 1. The summed E-state index contributed by atoms with van der Waals surface area (Å²) in [6.07, 6.45) is 1.96. The second-order valence-electron chi connectivity index (χ2n) is 6.27. The monoisotopic (exact) mass is 408 g/mol. The number of ether oxygens (including phenoxy) is 1. The van der Waals surface area contributed by atoms with Gasteiger partial charge in [0.2, 0.25) is 10.0 Å². The number of hydrogen-bond donors (Lipinski definition) is 2. The number of carbonyl (C=O) groups excluding carboxylic acids is 1. The molecular weight excluding hydrogens is 383 g/mol. The molecular formula is C20H25FN2O4S. The van der Waals surface area contributed by atoms with Crippen LogP contribution in [0.15, 0.2) is 48.5 Å². The fraction of sp³-hybridized carbons (Fsp3) is 0.350.